The number of ether oxygens (including phenoxy) is 3. The first-order valence-corrected chi connectivity index (χ1v) is 8.37. The van der Waals surface area contributed by atoms with E-state index in [-0.39, 0.29) is 0 Å². The Kier molecular flexibility index (Phi) is 6.50. The van der Waals surface area contributed by atoms with Gasteiger partial charge in [0.15, 0.2) is 6.10 Å². The van der Waals surface area contributed by atoms with E-state index in [9.17, 15) is 9.18 Å². The summed E-state index contributed by atoms with van der Waals surface area (Å²) in [6.07, 6.45) is -0.840. The van der Waals surface area contributed by atoms with Crippen LogP contribution in [0.25, 0.3) is 0 Å². The van der Waals surface area contributed by atoms with E-state index in [1.807, 2.05) is 0 Å². The molecule has 0 aliphatic rings. The molecule has 2 aromatic carbocycles. The molecule has 0 radical (unpaired) electrons. The highest BCUT2D eigenvalue weighted by atomic mass is 79.9. The maximum absolute atomic E-state index is 13.1. The highest BCUT2D eigenvalue weighted by Crippen LogP contribution is 2.36. The molecule has 1 unspecified atom stereocenters. The second kappa shape index (κ2) is 8.40. The Balaban J connectivity index is 2.15. The highest BCUT2D eigenvalue weighted by molar-refractivity contribution is 9.10. The van der Waals surface area contributed by atoms with Crippen molar-refractivity contribution in [3.63, 3.8) is 0 Å². The lowest BCUT2D eigenvalue weighted by Gasteiger charge is -2.18. The molecule has 0 heterocycles. The molecule has 2 aromatic rings. The van der Waals surface area contributed by atoms with Gasteiger partial charge in [0, 0.05) is 12.1 Å². The van der Waals surface area contributed by atoms with Gasteiger partial charge in [0.2, 0.25) is 0 Å². The van der Waals surface area contributed by atoms with Crippen molar-refractivity contribution in [2.24, 2.45) is 0 Å². The lowest BCUT2D eigenvalue weighted by molar-refractivity contribution is -0.122. The Labute approximate surface area is 158 Å². The van der Waals surface area contributed by atoms with Crippen LogP contribution in [-0.2, 0) is 4.79 Å². The van der Waals surface area contributed by atoms with Gasteiger partial charge in [0.25, 0.3) is 5.91 Å². The van der Waals surface area contributed by atoms with Gasteiger partial charge in [-0.25, -0.2) is 4.39 Å². The van der Waals surface area contributed by atoms with E-state index >= 15 is 0 Å². The fourth-order valence-electron chi connectivity index (χ4n) is 2.01. The highest BCUT2D eigenvalue weighted by Gasteiger charge is 2.19. The Bertz CT molecular complexity index is 787. The predicted molar refractivity (Wildman–Crippen MR) is 97.4 cm³/mol. The molecule has 5 nitrogen and oxygen atoms in total. The molecule has 0 fully saturated rings. The monoisotopic (exact) mass is 431 g/mol. The van der Waals surface area contributed by atoms with Crippen LogP contribution in [0.4, 0.5) is 10.1 Å². The van der Waals surface area contributed by atoms with Crippen LogP contribution in [0.3, 0.4) is 0 Å². The number of carbonyl (C=O) groups is 1. The topological polar surface area (TPSA) is 56.8 Å². The second-order valence-corrected chi connectivity index (χ2v) is 6.27. The van der Waals surface area contributed by atoms with Gasteiger partial charge in [-0.2, -0.15) is 0 Å². The molecular weight excluding hydrogens is 417 g/mol. The van der Waals surface area contributed by atoms with E-state index in [1.54, 1.807) is 13.0 Å². The molecule has 1 atom stereocenters. The first kappa shape index (κ1) is 19.3. The number of hydrogen-bond acceptors (Lipinski definition) is 4. The average molecular weight is 433 g/mol. The summed E-state index contributed by atoms with van der Waals surface area (Å²) in [5, 5.41) is 3.06. The molecule has 0 saturated carbocycles. The number of methoxy groups -OCH3 is 2. The van der Waals surface area contributed by atoms with Crippen LogP contribution in [0, 0.1) is 5.82 Å². The third-order valence-corrected chi connectivity index (χ3v) is 4.21. The van der Waals surface area contributed by atoms with E-state index in [1.165, 1.54) is 38.5 Å². The zero-order valence-electron chi connectivity index (χ0n) is 13.7. The fourth-order valence-corrected chi connectivity index (χ4v) is 2.68. The van der Waals surface area contributed by atoms with Gasteiger partial charge in [-0.1, -0.05) is 11.6 Å². The minimum absolute atomic E-state index is 0.352. The van der Waals surface area contributed by atoms with E-state index in [2.05, 4.69) is 21.2 Å². The number of benzene rings is 2. The average Bonchev–Trinajstić information content (AvgIpc) is 2.58. The van der Waals surface area contributed by atoms with E-state index in [0.717, 1.165) is 0 Å². The lowest BCUT2D eigenvalue weighted by atomic mass is 10.2. The first-order chi connectivity index (χ1) is 11.8. The van der Waals surface area contributed by atoms with Gasteiger partial charge in [-0.3, -0.25) is 4.79 Å². The molecule has 8 heteroatoms. The smallest absolute Gasteiger partial charge is 0.265 e. The van der Waals surface area contributed by atoms with Gasteiger partial charge < -0.3 is 19.5 Å². The van der Waals surface area contributed by atoms with Crippen molar-refractivity contribution in [2.45, 2.75) is 13.0 Å². The van der Waals surface area contributed by atoms with Crippen LogP contribution < -0.4 is 19.5 Å². The third kappa shape index (κ3) is 4.76. The minimum Gasteiger partial charge on any atom is -0.495 e. The predicted octanol–water partition coefficient (Wildman–Crippen LogP) is 4.66. The molecule has 0 spiro atoms. The zero-order chi connectivity index (χ0) is 18.6. The summed E-state index contributed by atoms with van der Waals surface area (Å²) in [5.41, 5.74) is 0.391. The third-order valence-electron chi connectivity index (χ3n) is 3.30. The van der Waals surface area contributed by atoms with E-state index < -0.39 is 17.8 Å². The molecule has 2 rings (SSSR count). The summed E-state index contributed by atoms with van der Waals surface area (Å²) in [6, 6.07) is 7.04. The van der Waals surface area contributed by atoms with Crippen molar-refractivity contribution in [1.82, 2.24) is 0 Å². The quantitative estimate of drug-likeness (QED) is 0.721. The number of carbonyl (C=O) groups excluding carboxylic acids is 1. The summed E-state index contributed by atoms with van der Waals surface area (Å²) < 4.78 is 29.4. The summed E-state index contributed by atoms with van der Waals surface area (Å²) in [7, 11) is 2.93. The molecule has 0 bridgehead atoms. The number of nitrogens with one attached hydrogen (secondary N) is 1. The number of rotatable bonds is 6. The Hall–Kier alpha value is -1.99. The van der Waals surface area contributed by atoms with Gasteiger partial charge in [-0.15, -0.1) is 0 Å². The molecule has 1 amide bonds. The van der Waals surface area contributed by atoms with E-state index in [0.29, 0.717) is 32.4 Å². The Morgan fingerprint density at radius 1 is 1.16 bits per heavy atom. The molecule has 134 valence electrons. The van der Waals surface area contributed by atoms with Gasteiger partial charge in [0.1, 0.15) is 23.1 Å². The van der Waals surface area contributed by atoms with Crippen LogP contribution >= 0.6 is 27.5 Å². The van der Waals surface area contributed by atoms with Crippen molar-refractivity contribution >= 4 is 39.1 Å². The maximum Gasteiger partial charge on any atom is 0.265 e. The Morgan fingerprint density at radius 3 is 2.44 bits per heavy atom. The van der Waals surface area contributed by atoms with Crippen LogP contribution in [0.5, 0.6) is 17.2 Å². The second-order valence-electron chi connectivity index (χ2n) is 5.01. The number of amides is 1. The van der Waals surface area contributed by atoms with Gasteiger partial charge in [0.05, 0.1) is 29.4 Å². The molecule has 1 N–H and O–H groups in total. The fraction of sp³-hybridized carbons (Fsp3) is 0.235. The van der Waals surface area contributed by atoms with E-state index in [4.69, 9.17) is 25.8 Å². The summed E-state index contributed by atoms with van der Waals surface area (Å²) in [6.45, 7) is 1.57. The number of hydrogen-bond donors (Lipinski definition) is 1. The standard InChI is InChI=1S/C17H16BrClFNO4/c1-9(25-14-5-4-10(20)6-11(14)18)17(22)21-13-8-15(23-2)12(19)7-16(13)24-3/h4-9H,1-3H3,(H,21,22). The lowest BCUT2D eigenvalue weighted by Crippen LogP contribution is -2.30. The number of anilines is 1. The van der Waals surface area contributed by atoms with Crippen molar-refractivity contribution in [3.8, 4) is 17.2 Å². The maximum atomic E-state index is 13.1. The molecule has 0 saturated heterocycles. The zero-order valence-corrected chi connectivity index (χ0v) is 16.1. The normalized spacial score (nSPS) is 11.6. The summed E-state index contributed by atoms with van der Waals surface area (Å²) in [5.74, 6) is 0.305. The largest absolute Gasteiger partial charge is 0.495 e. The SMILES string of the molecule is COc1cc(NC(=O)C(C)Oc2ccc(F)cc2Br)c(OC)cc1Cl. The van der Waals surface area contributed by atoms with Gasteiger partial charge >= 0.3 is 0 Å². The van der Waals surface area contributed by atoms with Crippen LogP contribution in [0.2, 0.25) is 5.02 Å². The van der Waals surface area contributed by atoms with Crippen LogP contribution in [0.15, 0.2) is 34.8 Å². The Morgan fingerprint density at radius 2 is 1.84 bits per heavy atom. The molecule has 0 aromatic heterocycles. The summed E-state index contributed by atoms with van der Waals surface area (Å²) >= 11 is 9.23. The number of halogens is 3. The van der Waals surface area contributed by atoms with Crippen molar-refractivity contribution in [3.05, 3.63) is 45.6 Å². The van der Waals surface area contributed by atoms with Crippen LogP contribution in [0.1, 0.15) is 6.92 Å². The minimum atomic E-state index is -0.840. The van der Waals surface area contributed by atoms with Crippen LogP contribution in [-0.4, -0.2) is 26.2 Å². The van der Waals surface area contributed by atoms with Crippen molar-refractivity contribution < 1.29 is 23.4 Å². The molecular formula is C17H16BrClFNO4. The van der Waals surface area contributed by atoms with Gasteiger partial charge in [-0.05, 0) is 41.1 Å². The first-order valence-electron chi connectivity index (χ1n) is 7.19. The molecule has 0 aliphatic heterocycles. The molecule has 25 heavy (non-hydrogen) atoms. The summed E-state index contributed by atoms with van der Waals surface area (Å²) in [4.78, 5) is 12.4. The van der Waals surface area contributed by atoms with Crippen molar-refractivity contribution in [1.29, 1.82) is 0 Å². The molecule has 0 aliphatic carbocycles. The van der Waals surface area contributed by atoms with Crippen molar-refractivity contribution in [2.75, 3.05) is 19.5 Å².